The molecule has 0 spiro atoms. The lowest BCUT2D eigenvalue weighted by Gasteiger charge is -2.35. The molecule has 0 fully saturated rings. The van der Waals surface area contributed by atoms with E-state index in [0.717, 1.165) is 43.5 Å². The summed E-state index contributed by atoms with van der Waals surface area (Å²) in [6.45, 7) is 6.12. The molecule has 0 unspecified atom stereocenters. The van der Waals surface area contributed by atoms with E-state index >= 15 is 0 Å². The number of hydrogen-bond donors (Lipinski definition) is 1. The lowest BCUT2D eigenvalue weighted by molar-refractivity contribution is 0.0652. The molecule has 0 radical (unpaired) electrons. The Hall–Kier alpha value is -1.35. The van der Waals surface area contributed by atoms with Crippen molar-refractivity contribution in [1.82, 2.24) is 4.90 Å². The summed E-state index contributed by atoms with van der Waals surface area (Å²) in [5.74, 6) is 0.152. The van der Waals surface area contributed by atoms with Gasteiger partial charge in [-0.2, -0.15) is 0 Å². The molecule has 19 heavy (non-hydrogen) atoms. The average Bonchev–Trinajstić information content (AvgIpc) is 2.40. The molecule has 1 aromatic carbocycles. The van der Waals surface area contributed by atoms with Gasteiger partial charge in [0.2, 0.25) is 0 Å². The normalized spacial score (nSPS) is 15.5. The Morgan fingerprint density at radius 1 is 1.32 bits per heavy atom. The molecule has 3 heteroatoms. The van der Waals surface area contributed by atoms with Crippen molar-refractivity contribution < 1.29 is 9.90 Å². The predicted molar refractivity (Wildman–Crippen MR) is 76.2 cm³/mol. The summed E-state index contributed by atoms with van der Waals surface area (Å²) >= 11 is 0. The van der Waals surface area contributed by atoms with E-state index in [0.29, 0.717) is 0 Å². The topological polar surface area (TPSA) is 40.5 Å². The number of rotatable bonds is 5. The molecule has 1 amide bonds. The van der Waals surface area contributed by atoms with E-state index in [9.17, 15) is 4.79 Å². The Labute approximate surface area is 115 Å². The molecule has 0 aromatic heterocycles. The molecule has 3 nitrogen and oxygen atoms in total. The average molecular weight is 261 g/mol. The number of carbonyl (C=O) groups is 1. The highest BCUT2D eigenvalue weighted by Crippen LogP contribution is 2.27. The molecular weight excluding hydrogens is 238 g/mol. The van der Waals surface area contributed by atoms with Crippen molar-refractivity contribution in [2.24, 2.45) is 5.41 Å². The maximum Gasteiger partial charge on any atom is 0.254 e. The van der Waals surface area contributed by atoms with Gasteiger partial charge in [-0.15, -0.1) is 0 Å². The van der Waals surface area contributed by atoms with Gasteiger partial charge in [0, 0.05) is 25.3 Å². The molecule has 0 saturated heterocycles. The van der Waals surface area contributed by atoms with Crippen LogP contribution >= 0.6 is 0 Å². The highest BCUT2D eigenvalue weighted by Gasteiger charge is 2.28. The van der Waals surface area contributed by atoms with Gasteiger partial charge in [0.05, 0.1) is 0 Å². The van der Waals surface area contributed by atoms with Crippen LogP contribution < -0.4 is 0 Å². The first kappa shape index (κ1) is 14.1. The molecule has 0 aliphatic carbocycles. The van der Waals surface area contributed by atoms with Crippen LogP contribution in [0, 0.1) is 5.41 Å². The molecule has 0 atom stereocenters. The van der Waals surface area contributed by atoms with Crippen LogP contribution in [0.1, 0.15) is 42.6 Å². The van der Waals surface area contributed by atoms with Crippen LogP contribution in [0.15, 0.2) is 24.3 Å². The monoisotopic (exact) mass is 261 g/mol. The first-order chi connectivity index (χ1) is 9.03. The molecule has 1 aromatic rings. The zero-order valence-corrected chi connectivity index (χ0v) is 11.9. The van der Waals surface area contributed by atoms with Crippen LogP contribution in [0.3, 0.4) is 0 Å². The fourth-order valence-corrected chi connectivity index (χ4v) is 2.78. The standard InChI is InChI=1S/C16H23NO2/c1-16(2,9-5-11-18)12-17-10-8-13-6-3-4-7-14(13)15(17)19/h3-4,6-7,18H,5,8-12H2,1-2H3. The zero-order valence-electron chi connectivity index (χ0n) is 11.9. The third-order valence-corrected chi connectivity index (χ3v) is 3.82. The van der Waals surface area contributed by atoms with Crippen molar-refractivity contribution in [3.8, 4) is 0 Å². The summed E-state index contributed by atoms with van der Waals surface area (Å²) in [4.78, 5) is 14.4. The summed E-state index contributed by atoms with van der Waals surface area (Å²) in [6.07, 6.45) is 2.68. The van der Waals surface area contributed by atoms with E-state index in [1.807, 2.05) is 29.2 Å². The second-order valence-corrected chi connectivity index (χ2v) is 6.13. The number of aliphatic hydroxyl groups excluding tert-OH is 1. The van der Waals surface area contributed by atoms with Crippen molar-refractivity contribution >= 4 is 5.91 Å². The van der Waals surface area contributed by atoms with Crippen LogP contribution in [0.2, 0.25) is 0 Å². The van der Waals surface area contributed by atoms with Gasteiger partial charge in [0.25, 0.3) is 5.91 Å². The van der Waals surface area contributed by atoms with Gasteiger partial charge < -0.3 is 10.0 Å². The molecule has 1 aliphatic rings. The van der Waals surface area contributed by atoms with Crippen LogP contribution in [0.25, 0.3) is 0 Å². The summed E-state index contributed by atoms with van der Waals surface area (Å²) in [5.41, 5.74) is 2.08. The predicted octanol–water partition coefficient (Wildman–Crippen LogP) is 2.48. The Morgan fingerprint density at radius 3 is 2.79 bits per heavy atom. The van der Waals surface area contributed by atoms with E-state index < -0.39 is 0 Å². The molecule has 0 bridgehead atoms. The number of carbonyl (C=O) groups excluding carboxylic acids is 1. The van der Waals surface area contributed by atoms with Gasteiger partial charge in [-0.25, -0.2) is 0 Å². The maximum atomic E-state index is 12.4. The number of benzene rings is 1. The highest BCUT2D eigenvalue weighted by atomic mass is 16.2. The van der Waals surface area contributed by atoms with Crippen LogP contribution in [-0.2, 0) is 6.42 Å². The molecule has 1 aliphatic heterocycles. The third-order valence-electron chi connectivity index (χ3n) is 3.82. The van der Waals surface area contributed by atoms with Crippen molar-refractivity contribution in [1.29, 1.82) is 0 Å². The van der Waals surface area contributed by atoms with Crippen molar-refractivity contribution in [3.63, 3.8) is 0 Å². The van der Waals surface area contributed by atoms with E-state index in [2.05, 4.69) is 13.8 Å². The van der Waals surface area contributed by atoms with Gasteiger partial charge in [-0.1, -0.05) is 32.0 Å². The fraction of sp³-hybridized carbons (Fsp3) is 0.562. The maximum absolute atomic E-state index is 12.4. The van der Waals surface area contributed by atoms with Crippen molar-refractivity contribution in [3.05, 3.63) is 35.4 Å². The molecule has 0 saturated carbocycles. The molecule has 1 heterocycles. The minimum Gasteiger partial charge on any atom is -0.396 e. The lowest BCUT2D eigenvalue weighted by atomic mass is 9.86. The highest BCUT2D eigenvalue weighted by molar-refractivity contribution is 5.96. The Morgan fingerprint density at radius 2 is 2.05 bits per heavy atom. The Kier molecular flexibility index (Phi) is 4.25. The fourth-order valence-electron chi connectivity index (χ4n) is 2.78. The van der Waals surface area contributed by atoms with Gasteiger partial charge in [0.1, 0.15) is 0 Å². The summed E-state index contributed by atoms with van der Waals surface area (Å²) in [7, 11) is 0. The first-order valence-electron chi connectivity index (χ1n) is 7.01. The van der Waals surface area contributed by atoms with Crippen LogP contribution in [-0.4, -0.2) is 35.6 Å². The quantitative estimate of drug-likeness (QED) is 0.884. The lowest BCUT2D eigenvalue weighted by Crippen LogP contribution is -2.43. The van der Waals surface area contributed by atoms with Gasteiger partial charge in [0.15, 0.2) is 0 Å². The van der Waals surface area contributed by atoms with E-state index in [1.54, 1.807) is 0 Å². The first-order valence-corrected chi connectivity index (χ1v) is 7.01. The minimum absolute atomic E-state index is 0.0602. The summed E-state index contributed by atoms with van der Waals surface area (Å²) in [5, 5.41) is 8.94. The number of aliphatic hydroxyl groups is 1. The SMILES string of the molecule is CC(C)(CCCO)CN1CCc2ccccc2C1=O. The molecule has 1 N–H and O–H groups in total. The second kappa shape index (κ2) is 5.74. The van der Waals surface area contributed by atoms with Crippen molar-refractivity contribution in [2.75, 3.05) is 19.7 Å². The van der Waals surface area contributed by atoms with Gasteiger partial charge in [-0.3, -0.25) is 4.79 Å². The van der Waals surface area contributed by atoms with Gasteiger partial charge >= 0.3 is 0 Å². The molecule has 2 rings (SSSR count). The Balaban J connectivity index is 2.06. The number of nitrogens with zero attached hydrogens (tertiary/aromatic N) is 1. The number of amides is 1. The molecular formula is C16H23NO2. The van der Waals surface area contributed by atoms with Crippen LogP contribution in [0.5, 0.6) is 0 Å². The van der Waals surface area contributed by atoms with Gasteiger partial charge in [-0.05, 0) is 36.3 Å². The summed E-state index contributed by atoms with van der Waals surface area (Å²) < 4.78 is 0. The number of hydrogen-bond acceptors (Lipinski definition) is 2. The zero-order chi connectivity index (χ0) is 13.9. The third kappa shape index (κ3) is 3.35. The smallest absolute Gasteiger partial charge is 0.254 e. The largest absolute Gasteiger partial charge is 0.396 e. The van der Waals surface area contributed by atoms with Crippen molar-refractivity contribution in [2.45, 2.75) is 33.1 Å². The number of fused-ring (bicyclic) bond motifs is 1. The van der Waals surface area contributed by atoms with E-state index in [-0.39, 0.29) is 17.9 Å². The van der Waals surface area contributed by atoms with Crippen LogP contribution in [0.4, 0.5) is 0 Å². The van der Waals surface area contributed by atoms with E-state index in [1.165, 1.54) is 0 Å². The second-order valence-electron chi connectivity index (χ2n) is 6.13. The summed E-state index contributed by atoms with van der Waals surface area (Å²) in [6, 6.07) is 7.89. The Bertz CT molecular complexity index is 454. The van der Waals surface area contributed by atoms with E-state index in [4.69, 9.17) is 5.11 Å². The minimum atomic E-state index is 0.0602. The molecule has 104 valence electrons.